The number of pyridine rings is 1. The van der Waals surface area contributed by atoms with Crippen LogP contribution in [0.4, 0.5) is 6.01 Å². The van der Waals surface area contributed by atoms with Crippen LogP contribution in [-0.2, 0) is 0 Å². The molecule has 0 saturated heterocycles. The van der Waals surface area contributed by atoms with Gasteiger partial charge in [-0.2, -0.15) is 10.1 Å². The fourth-order valence-electron chi connectivity index (χ4n) is 3.17. The molecule has 32 heavy (non-hydrogen) atoms. The van der Waals surface area contributed by atoms with E-state index in [1.807, 2.05) is 12.1 Å². The van der Waals surface area contributed by atoms with Crippen LogP contribution < -0.4 is 10.6 Å². The van der Waals surface area contributed by atoms with E-state index in [0.29, 0.717) is 32.9 Å². The van der Waals surface area contributed by atoms with Crippen molar-refractivity contribution in [2.45, 2.75) is 13.0 Å². The molecule has 1 aromatic carbocycles. The molecular weight excluding hydrogens is 436 g/mol. The second-order valence-corrected chi connectivity index (χ2v) is 7.42. The van der Waals surface area contributed by atoms with Gasteiger partial charge in [0.15, 0.2) is 5.58 Å². The van der Waals surface area contributed by atoms with E-state index in [1.54, 1.807) is 41.9 Å². The minimum Gasteiger partial charge on any atom is -0.423 e. The van der Waals surface area contributed by atoms with E-state index in [0.717, 1.165) is 0 Å². The van der Waals surface area contributed by atoms with Crippen LogP contribution in [-0.4, -0.2) is 31.6 Å². The number of nitrogens with zero attached hydrogens (tertiary/aromatic N) is 4. The summed E-state index contributed by atoms with van der Waals surface area (Å²) >= 11 is 5.93. The number of carbonyl (C=O) groups excluding carboxylic acids is 2. The average Bonchev–Trinajstić information content (AvgIpc) is 3.51. The summed E-state index contributed by atoms with van der Waals surface area (Å²) in [6, 6.07) is 11.3. The lowest BCUT2D eigenvalue weighted by Gasteiger charge is -2.09. The normalized spacial score (nSPS) is 12.2. The summed E-state index contributed by atoms with van der Waals surface area (Å²) in [4.78, 5) is 29.3. The van der Waals surface area contributed by atoms with Gasteiger partial charge in [-0.3, -0.25) is 14.9 Å². The molecule has 4 heterocycles. The number of fused-ring (bicyclic) bond motifs is 2. The lowest BCUT2D eigenvalue weighted by atomic mass is 10.2. The Labute approximate surface area is 185 Å². The van der Waals surface area contributed by atoms with Crippen LogP contribution in [0.1, 0.15) is 39.6 Å². The highest BCUT2D eigenvalue weighted by molar-refractivity contribution is 6.31. The zero-order chi connectivity index (χ0) is 22.2. The number of aromatic nitrogens is 4. The smallest absolute Gasteiger partial charge is 0.302 e. The number of hydrogen-bond donors (Lipinski definition) is 2. The largest absolute Gasteiger partial charge is 0.423 e. The summed E-state index contributed by atoms with van der Waals surface area (Å²) in [6.45, 7) is 1.73. The van der Waals surface area contributed by atoms with E-state index in [2.05, 4.69) is 25.9 Å². The Balaban J connectivity index is 1.27. The van der Waals surface area contributed by atoms with Gasteiger partial charge < -0.3 is 14.3 Å². The molecule has 11 heteroatoms. The minimum absolute atomic E-state index is 0.000321. The second kappa shape index (κ2) is 7.82. The molecule has 0 aliphatic rings. The lowest BCUT2D eigenvalue weighted by Crippen LogP contribution is -2.26. The molecule has 160 valence electrons. The molecule has 10 nitrogen and oxygen atoms in total. The van der Waals surface area contributed by atoms with Crippen LogP contribution in [0.2, 0.25) is 5.02 Å². The highest BCUT2D eigenvalue weighted by atomic mass is 35.5. The third kappa shape index (κ3) is 3.67. The third-order valence-corrected chi connectivity index (χ3v) is 5.02. The number of carbonyl (C=O) groups is 2. The molecule has 0 spiro atoms. The second-order valence-electron chi connectivity index (χ2n) is 6.99. The Morgan fingerprint density at radius 2 is 2.03 bits per heavy atom. The average molecular weight is 451 g/mol. The summed E-state index contributed by atoms with van der Waals surface area (Å²) in [5, 5.41) is 13.9. The first-order valence-electron chi connectivity index (χ1n) is 9.55. The standard InChI is InChI=1S/C21H15ClN6O4/c1-11(24-19(29)13-10-23-28-7-3-2-4-16(13)28)14-9-18(32-27-14)20(30)26-21-25-15-8-12(22)5-6-17(15)31-21/h2-11H,1H3,(H,24,29)(H,25,26,30)/t11-/m1/s1. The molecule has 0 radical (unpaired) electrons. The van der Waals surface area contributed by atoms with E-state index in [4.69, 9.17) is 20.5 Å². The van der Waals surface area contributed by atoms with Crippen molar-refractivity contribution in [2.24, 2.45) is 0 Å². The van der Waals surface area contributed by atoms with Crippen LogP contribution in [0.5, 0.6) is 0 Å². The maximum absolute atomic E-state index is 12.7. The molecule has 0 aliphatic carbocycles. The fourth-order valence-corrected chi connectivity index (χ4v) is 3.34. The van der Waals surface area contributed by atoms with Crippen molar-refractivity contribution in [1.82, 2.24) is 25.1 Å². The van der Waals surface area contributed by atoms with Gasteiger partial charge in [0.05, 0.1) is 23.3 Å². The summed E-state index contributed by atoms with van der Waals surface area (Å²) in [5.74, 6) is -0.974. The molecule has 2 amide bonds. The molecule has 0 bridgehead atoms. The number of nitrogens with one attached hydrogen (secondary N) is 2. The van der Waals surface area contributed by atoms with Gasteiger partial charge in [-0.15, -0.1) is 0 Å². The van der Waals surface area contributed by atoms with Gasteiger partial charge in [-0.1, -0.05) is 22.8 Å². The maximum Gasteiger partial charge on any atom is 0.302 e. The minimum atomic E-state index is -0.595. The van der Waals surface area contributed by atoms with E-state index in [-0.39, 0.29) is 17.7 Å². The molecular formula is C21H15ClN6O4. The van der Waals surface area contributed by atoms with Gasteiger partial charge in [0.25, 0.3) is 11.8 Å². The predicted molar refractivity (Wildman–Crippen MR) is 115 cm³/mol. The predicted octanol–water partition coefficient (Wildman–Crippen LogP) is 3.86. The highest BCUT2D eigenvalue weighted by Crippen LogP contribution is 2.23. The van der Waals surface area contributed by atoms with Gasteiger partial charge >= 0.3 is 6.01 Å². The Kier molecular flexibility index (Phi) is 4.83. The van der Waals surface area contributed by atoms with Gasteiger partial charge in [0, 0.05) is 17.3 Å². The Hall–Kier alpha value is -4.18. The lowest BCUT2D eigenvalue weighted by molar-refractivity contribution is 0.0937. The number of rotatable bonds is 5. The first kappa shape index (κ1) is 19.8. The van der Waals surface area contributed by atoms with E-state index < -0.39 is 11.9 Å². The van der Waals surface area contributed by atoms with Crippen molar-refractivity contribution < 1.29 is 18.5 Å². The molecule has 0 aliphatic heterocycles. The van der Waals surface area contributed by atoms with Gasteiger partial charge in [-0.25, -0.2) is 4.52 Å². The highest BCUT2D eigenvalue weighted by Gasteiger charge is 2.21. The third-order valence-electron chi connectivity index (χ3n) is 4.78. The first-order chi connectivity index (χ1) is 15.5. The number of benzene rings is 1. The SMILES string of the molecule is C[C@@H](NC(=O)c1cnn2ccccc12)c1cc(C(=O)Nc2nc3cc(Cl)ccc3o2)on1. The number of anilines is 1. The fraction of sp³-hybridized carbons (Fsp3) is 0.0952. The van der Waals surface area contributed by atoms with Gasteiger partial charge in [0.1, 0.15) is 11.2 Å². The summed E-state index contributed by atoms with van der Waals surface area (Å²) in [7, 11) is 0. The zero-order valence-electron chi connectivity index (χ0n) is 16.6. The monoisotopic (exact) mass is 450 g/mol. The van der Waals surface area contributed by atoms with Crippen LogP contribution in [0, 0.1) is 0 Å². The van der Waals surface area contributed by atoms with Gasteiger partial charge in [-0.05, 0) is 37.3 Å². The molecule has 2 N–H and O–H groups in total. The Morgan fingerprint density at radius 1 is 1.16 bits per heavy atom. The van der Waals surface area contributed by atoms with Crippen molar-refractivity contribution in [2.75, 3.05) is 5.32 Å². The van der Waals surface area contributed by atoms with E-state index in [9.17, 15) is 9.59 Å². The van der Waals surface area contributed by atoms with Crippen molar-refractivity contribution in [3.8, 4) is 0 Å². The molecule has 5 rings (SSSR count). The quantitative estimate of drug-likeness (QED) is 0.416. The summed E-state index contributed by atoms with van der Waals surface area (Å²) < 4.78 is 12.2. The maximum atomic E-state index is 12.7. The topological polar surface area (TPSA) is 128 Å². The van der Waals surface area contributed by atoms with Crippen LogP contribution in [0.15, 0.2) is 63.8 Å². The molecule has 0 fully saturated rings. The van der Waals surface area contributed by atoms with Crippen molar-refractivity contribution in [3.05, 3.63) is 76.9 Å². The Bertz CT molecular complexity index is 1470. The van der Waals surface area contributed by atoms with Gasteiger partial charge in [0.2, 0.25) is 5.76 Å². The van der Waals surface area contributed by atoms with Crippen LogP contribution in [0.3, 0.4) is 0 Å². The summed E-state index contributed by atoms with van der Waals surface area (Å²) in [5.41, 5.74) is 2.47. The molecule has 4 aromatic heterocycles. The number of hydrogen-bond acceptors (Lipinski definition) is 7. The molecule has 0 saturated carbocycles. The number of amides is 2. The molecule has 5 aromatic rings. The van der Waals surface area contributed by atoms with Crippen LogP contribution in [0.25, 0.3) is 16.6 Å². The van der Waals surface area contributed by atoms with Crippen molar-refractivity contribution in [1.29, 1.82) is 0 Å². The molecule has 1 atom stereocenters. The van der Waals surface area contributed by atoms with E-state index in [1.165, 1.54) is 12.3 Å². The van der Waals surface area contributed by atoms with Crippen molar-refractivity contribution >= 4 is 46.0 Å². The Morgan fingerprint density at radius 3 is 2.91 bits per heavy atom. The molecule has 0 unspecified atom stereocenters. The zero-order valence-corrected chi connectivity index (χ0v) is 17.3. The summed E-state index contributed by atoms with van der Waals surface area (Å²) in [6.07, 6.45) is 3.25. The first-order valence-corrected chi connectivity index (χ1v) is 9.93. The van der Waals surface area contributed by atoms with E-state index >= 15 is 0 Å². The van der Waals surface area contributed by atoms with Crippen molar-refractivity contribution in [3.63, 3.8) is 0 Å². The van der Waals surface area contributed by atoms with Crippen LogP contribution >= 0.6 is 11.6 Å². The number of oxazole rings is 1. The number of halogens is 1.